The van der Waals surface area contributed by atoms with Gasteiger partial charge in [0.25, 0.3) is 0 Å². The molecule has 1 aliphatic carbocycles. The lowest BCUT2D eigenvalue weighted by Gasteiger charge is -2.51. The molecule has 0 bridgehead atoms. The number of carbonyl (C=O) groups excluding carboxylic acids is 3. The molecule has 3 heterocycles. The molecule has 1 N–H and O–H groups in total. The lowest BCUT2D eigenvalue weighted by molar-refractivity contribution is -0.154. The van der Waals surface area contributed by atoms with Crippen molar-refractivity contribution in [2.75, 3.05) is 32.8 Å². The van der Waals surface area contributed by atoms with E-state index in [1.807, 2.05) is 49.1 Å². The molecule has 1 aromatic carbocycles. The van der Waals surface area contributed by atoms with Crippen LogP contribution in [0.25, 0.3) is 0 Å². The number of likely N-dealkylation sites (tertiary alicyclic amines) is 1. The molecule has 7 nitrogen and oxygen atoms in total. The first kappa shape index (κ1) is 21.8. The summed E-state index contributed by atoms with van der Waals surface area (Å²) in [6.07, 6.45) is 0.367. The fourth-order valence-electron chi connectivity index (χ4n) is 5.22. The van der Waals surface area contributed by atoms with E-state index >= 15 is 0 Å². The number of nitrogens with one attached hydrogen (secondary N) is 1. The van der Waals surface area contributed by atoms with Crippen molar-refractivity contribution in [3.05, 3.63) is 35.9 Å². The molecule has 1 spiro atoms. The molecule has 3 aliphatic heterocycles. The molecule has 4 aliphatic rings. The first-order chi connectivity index (χ1) is 14.8. The second-order valence-electron chi connectivity index (χ2n) is 9.70. The molecular formula is C24H33N3O4. The summed E-state index contributed by atoms with van der Waals surface area (Å²) in [4.78, 5) is 41.8. The molecule has 7 heteroatoms. The van der Waals surface area contributed by atoms with Crippen molar-refractivity contribution in [1.29, 1.82) is 0 Å². The van der Waals surface area contributed by atoms with Crippen LogP contribution in [0, 0.1) is 22.7 Å². The lowest BCUT2D eigenvalue weighted by Crippen LogP contribution is -2.64. The van der Waals surface area contributed by atoms with Gasteiger partial charge in [-0.3, -0.25) is 9.59 Å². The predicted molar refractivity (Wildman–Crippen MR) is 116 cm³/mol. The van der Waals surface area contributed by atoms with Crippen molar-refractivity contribution >= 4 is 17.9 Å². The van der Waals surface area contributed by atoms with Crippen molar-refractivity contribution in [2.45, 2.75) is 40.2 Å². The minimum atomic E-state index is -0.571. The van der Waals surface area contributed by atoms with E-state index in [-0.39, 0.29) is 47.1 Å². The van der Waals surface area contributed by atoms with Gasteiger partial charge < -0.3 is 15.0 Å². The van der Waals surface area contributed by atoms with Gasteiger partial charge >= 0.3 is 6.09 Å². The number of amides is 3. The summed E-state index contributed by atoms with van der Waals surface area (Å²) in [5.41, 5.74) is 0.717. The first-order valence-electron chi connectivity index (χ1n) is 11.4. The Morgan fingerprint density at radius 1 is 1.06 bits per heavy atom. The third-order valence-corrected chi connectivity index (χ3v) is 7.29. The van der Waals surface area contributed by atoms with E-state index in [0.717, 1.165) is 12.0 Å². The lowest BCUT2D eigenvalue weighted by atomic mass is 9.70. The fraction of sp³-hybridized carbons (Fsp3) is 0.625. The summed E-state index contributed by atoms with van der Waals surface area (Å²) < 4.78 is 5.24. The Labute approximate surface area is 184 Å². The van der Waals surface area contributed by atoms with Gasteiger partial charge in [0.05, 0.1) is 5.92 Å². The maximum Gasteiger partial charge on any atom is 0.417 e. The third-order valence-electron chi connectivity index (χ3n) is 7.29. The van der Waals surface area contributed by atoms with Crippen LogP contribution in [0.2, 0.25) is 0 Å². The van der Waals surface area contributed by atoms with E-state index in [2.05, 4.69) is 19.2 Å². The molecule has 0 aromatic heterocycles. The van der Waals surface area contributed by atoms with E-state index in [0.29, 0.717) is 26.2 Å². The van der Waals surface area contributed by atoms with Gasteiger partial charge in [0.15, 0.2) is 0 Å². The van der Waals surface area contributed by atoms with E-state index in [1.54, 1.807) is 0 Å². The summed E-state index contributed by atoms with van der Waals surface area (Å²) >= 11 is 0. The van der Waals surface area contributed by atoms with Gasteiger partial charge in [-0.2, -0.15) is 0 Å². The maximum absolute atomic E-state index is 13.5. The van der Waals surface area contributed by atoms with Crippen LogP contribution in [0.1, 0.15) is 45.7 Å². The zero-order valence-electron chi connectivity index (χ0n) is 18.9. The number of nitrogens with zero attached hydrogens (tertiary/aromatic N) is 2. The molecule has 1 unspecified atom stereocenters. The molecule has 1 aromatic rings. The Hall–Kier alpha value is -2.41. The predicted octanol–water partition coefficient (Wildman–Crippen LogP) is 2.83. The molecule has 4 fully saturated rings. The highest BCUT2D eigenvalue weighted by Crippen LogP contribution is 2.54. The van der Waals surface area contributed by atoms with Gasteiger partial charge in [-0.25, -0.2) is 9.69 Å². The Kier molecular flexibility index (Phi) is 5.58. The van der Waals surface area contributed by atoms with Crippen LogP contribution in [0.5, 0.6) is 0 Å². The fourth-order valence-corrected chi connectivity index (χ4v) is 5.22. The Balaban J connectivity index is 0.00000112. The highest BCUT2D eigenvalue weighted by molar-refractivity contribution is 5.96. The van der Waals surface area contributed by atoms with Crippen molar-refractivity contribution in [3.63, 3.8) is 0 Å². The number of rotatable bonds is 3. The molecular weight excluding hydrogens is 394 g/mol. The highest BCUT2D eigenvalue weighted by atomic mass is 16.6. The maximum atomic E-state index is 13.5. The molecule has 5 rings (SSSR count). The minimum Gasteiger partial charge on any atom is -0.446 e. The average Bonchev–Trinajstić information content (AvgIpc) is 3.09. The number of ether oxygens (including phenoxy) is 1. The van der Waals surface area contributed by atoms with E-state index in [9.17, 15) is 14.4 Å². The normalized spacial score (nSPS) is 29.7. The number of cyclic esters (lactones) is 1. The minimum absolute atomic E-state index is 0.102. The van der Waals surface area contributed by atoms with Crippen molar-refractivity contribution in [3.8, 4) is 0 Å². The number of imide groups is 1. The molecule has 0 radical (unpaired) electrons. The second kappa shape index (κ2) is 7.93. The highest BCUT2D eigenvalue weighted by Gasteiger charge is 2.61. The Morgan fingerprint density at radius 2 is 1.71 bits per heavy atom. The molecule has 3 amide bonds. The molecule has 1 saturated carbocycles. The summed E-state index contributed by atoms with van der Waals surface area (Å²) in [7, 11) is 0. The van der Waals surface area contributed by atoms with Crippen LogP contribution in [0.4, 0.5) is 4.79 Å². The van der Waals surface area contributed by atoms with Gasteiger partial charge in [-0.1, -0.05) is 58.0 Å². The Bertz CT molecular complexity index is 863. The number of hydrogen-bond donors (Lipinski definition) is 1. The second-order valence-corrected chi connectivity index (χ2v) is 9.70. The summed E-state index contributed by atoms with van der Waals surface area (Å²) in [6.45, 7) is 10.8. The molecule has 3 saturated heterocycles. The van der Waals surface area contributed by atoms with E-state index in [1.165, 1.54) is 4.90 Å². The topological polar surface area (TPSA) is 79.0 Å². The van der Waals surface area contributed by atoms with Crippen LogP contribution in [-0.4, -0.2) is 60.5 Å². The Morgan fingerprint density at radius 3 is 2.32 bits per heavy atom. The molecule has 168 valence electrons. The van der Waals surface area contributed by atoms with Crippen molar-refractivity contribution < 1.29 is 19.1 Å². The van der Waals surface area contributed by atoms with Crippen molar-refractivity contribution in [1.82, 2.24) is 15.1 Å². The zero-order chi connectivity index (χ0) is 22.4. The van der Waals surface area contributed by atoms with Gasteiger partial charge in [0.2, 0.25) is 11.8 Å². The first-order valence-corrected chi connectivity index (χ1v) is 11.4. The molecule has 3 atom stereocenters. The number of benzene rings is 1. The van der Waals surface area contributed by atoms with Gasteiger partial charge in [-0.05, 0) is 17.4 Å². The quantitative estimate of drug-likeness (QED) is 0.803. The van der Waals surface area contributed by atoms with Crippen molar-refractivity contribution in [2.24, 2.45) is 22.7 Å². The average molecular weight is 428 g/mol. The number of hydrogen-bond acceptors (Lipinski definition) is 5. The monoisotopic (exact) mass is 427 g/mol. The molecule has 31 heavy (non-hydrogen) atoms. The van der Waals surface area contributed by atoms with Gasteiger partial charge in [-0.15, -0.1) is 0 Å². The van der Waals surface area contributed by atoms with Crippen LogP contribution in [0.15, 0.2) is 30.3 Å². The SMILES string of the molecule is CC.CC1(C)C[C@@H]1C(=O)N1CC2(CNC[C@H]2C(=O)N2C(=O)OCC2c2ccccc2)C1. The summed E-state index contributed by atoms with van der Waals surface area (Å²) in [6, 6.07) is 9.14. The van der Waals surface area contributed by atoms with Gasteiger partial charge in [0, 0.05) is 37.5 Å². The van der Waals surface area contributed by atoms with Crippen LogP contribution >= 0.6 is 0 Å². The van der Waals surface area contributed by atoms with Crippen LogP contribution in [0.3, 0.4) is 0 Å². The summed E-state index contributed by atoms with van der Waals surface area (Å²) in [5.74, 6) is -0.193. The largest absolute Gasteiger partial charge is 0.446 e. The van der Waals surface area contributed by atoms with Gasteiger partial charge in [0.1, 0.15) is 12.6 Å². The van der Waals surface area contributed by atoms with E-state index in [4.69, 9.17) is 4.74 Å². The van der Waals surface area contributed by atoms with Crippen LogP contribution < -0.4 is 5.32 Å². The van der Waals surface area contributed by atoms with Crippen LogP contribution in [-0.2, 0) is 14.3 Å². The standard InChI is InChI=1S/C22H27N3O4.C2H6/c1-21(2)8-15(21)18(26)24-12-22(13-24)11-23-9-16(22)19(27)25-17(10-29-20(25)28)14-6-4-3-5-7-14;1-2/h3-7,15-17,23H,8-13H2,1-2H3;1-2H3/t15-,16+,17?;/m1./s1. The smallest absolute Gasteiger partial charge is 0.417 e. The summed E-state index contributed by atoms with van der Waals surface area (Å²) in [5, 5.41) is 3.32. The number of carbonyl (C=O) groups is 3. The zero-order valence-corrected chi connectivity index (χ0v) is 18.9. The third kappa shape index (κ3) is 3.63. The van der Waals surface area contributed by atoms with E-state index < -0.39 is 6.09 Å².